The summed E-state index contributed by atoms with van der Waals surface area (Å²) in [5, 5.41) is 31.6. The smallest absolute Gasteiger partial charge is 0.323 e. The molecule has 0 aliphatic carbocycles. The number of hydrogen-bond donors (Lipinski definition) is 2. The molecular weight excluding hydrogens is 418 g/mol. The van der Waals surface area contributed by atoms with Crippen LogP contribution in [0.3, 0.4) is 0 Å². The zero-order valence-electron chi connectivity index (χ0n) is 17.9. The summed E-state index contributed by atoms with van der Waals surface area (Å²) in [7, 11) is 3.16. The second-order valence-electron chi connectivity index (χ2n) is 6.86. The number of fused-ring (bicyclic) bond motifs is 1. The molecule has 0 bridgehead atoms. The van der Waals surface area contributed by atoms with Gasteiger partial charge in [0.25, 0.3) is 0 Å². The maximum absolute atomic E-state index is 11.8. The number of nitro groups is 1. The van der Waals surface area contributed by atoms with Crippen LogP contribution in [0.1, 0.15) is 12.0 Å². The first-order valence-electron chi connectivity index (χ1n) is 9.89. The second-order valence-corrected chi connectivity index (χ2v) is 6.86. The van der Waals surface area contributed by atoms with Gasteiger partial charge in [0.15, 0.2) is 5.52 Å². The fourth-order valence-corrected chi connectivity index (χ4v) is 3.39. The van der Waals surface area contributed by atoms with E-state index in [0.29, 0.717) is 43.2 Å². The molecule has 0 fully saturated rings. The highest BCUT2D eigenvalue weighted by molar-refractivity contribution is 5.99. The van der Waals surface area contributed by atoms with Crippen LogP contribution in [0.25, 0.3) is 11.0 Å². The summed E-state index contributed by atoms with van der Waals surface area (Å²) in [5.41, 5.74) is 1.72. The largest absolute Gasteiger partial charge is 0.497 e. The Hall–Kier alpha value is -3.86. The van der Waals surface area contributed by atoms with Crippen molar-refractivity contribution in [3.05, 3.63) is 52.6 Å². The van der Waals surface area contributed by atoms with Crippen LogP contribution in [-0.2, 0) is 6.54 Å². The van der Waals surface area contributed by atoms with E-state index in [1.54, 1.807) is 32.4 Å². The van der Waals surface area contributed by atoms with Gasteiger partial charge >= 0.3 is 5.69 Å². The summed E-state index contributed by atoms with van der Waals surface area (Å²) in [5.74, 6) is 1.33. The minimum absolute atomic E-state index is 0.0330. The SMILES string of the molecule is C=CCN(Cc1cc(OC)ccc1OC)c1cc(NCCCO)c([N+](=O)[O-])c2nonc12. The molecule has 2 N–H and O–H groups in total. The normalized spacial score (nSPS) is 10.7. The van der Waals surface area contributed by atoms with Crippen LogP contribution >= 0.6 is 0 Å². The lowest BCUT2D eigenvalue weighted by atomic mass is 10.1. The molecule has 0 amide bonds. The number of aromatic nitrogens is 2. The third-order valence-corrected chi connectivity index (χ3v) is 4.86. The standard InChI is InChI=1S/C21H25N5O6/c1-4-9-25(13-14-11-15(30-2)6-7-18(14)31-3)17-12-16(22-8-5-10-27)21(26(28)29)20-19(17)23-32-24-20/h4,6-7,11-12,22,27H,1,5,8-10,13H2,2-3H3. The van der Waals surface area contributed by atoms with Crippen LogP contribution in [0, 0.1) is 10.1 Å². The van der Waals surface area contributed by atoms with Gasteiger partial charge in [0.1, 0.15) is 17.2 Å². The first kappa shape index (κ1) is 22.8. The third kappa shape index (κ3) is 4.72. The van der Waals surface area contributed by atoms with Crippen LogP contribution in [0.4, 0.5) is 17.1 Å². The summed E-state index contributed by atoms with van der Waals surface area (Å²) in [6.45, 7) is 4.93. The Morgan fingerprint density at radius 3 is 2.72 bits per heavy atom. The number of nitrogens with zero attached hydrogens (tertiary/aromatic N) is 4. The molecule has 0 saturated heterocycles. The Kier molecular flexibility index (Phi) is 7.45. The van der Waals surface area contributed by atoms with Crippen molar-refractivity contribution in [2.45, 2.75) is 13.0 Å². The summed E-state index contributed by atoms with van der Waals surface area (Å²) in [6.07, 6.45) is 2.14. The predicted octanol–water partition coefficient (Wildman–Crippen LogP) is 3.14. The lowest BCUT2D eigenvalue weighted by Crippen LogP contribution is -2.23. The van der Waals surface area contributed by atoms with Crippen molar-refractivity contribution in [1.82, 2.24) is 10.3 Å². The number of nitrogens with one attached hydrogen (secondary N) is 1. The maximum Gasteiger partial charge on any atom is 0.323 e. The molecule has 0 radical (unpaired) electrons. The number of methoxy groups -OCH3 is 2. The Morgan fingerprint density at radius 1 is 1.28 bits per heavy atom. The first-order valence-corrected chi connectivity index (χ1v) is 9.89. The molecule has 11 heteroatoms. The van der Waals surface area contributed by atoms with Gasteiger partial charge < -0.3 is 24.8 Å². The quantitative estimate of drug-likeness (QED) is 0.186. The number of aliphatic hydroxyl groups is 1. The lowest BCUT2D eigenvalue weighted by Gasteiger charge is -2.25. The number of rotatable bonds is 12. The monoisotopic (exact) mass is 443 g/mol. The van der Waals surface area contributed by atoms with Gasteiger partial charge in [-0.2, -0.15) is 0 Å². The summed E-state index contributed by atoms with van der Waals surface area (Å²) in [4.78, 5) is 13.2. The van der Waals surface area contributed by atoms with E-state index in [0.717, 1.165) is 5.56 Å². The Morgan fingerprint density at radius 2 is 2.06 bits per heavy atom. The van der Waals surface area contributed by atoms with E-state index < -0.39 is 4.92 Å². The van der Waals surface area contributed by atoms with Gasteiger partial charge in [0.05, 0.1) is 24.8 Å². The average Bonchev–Trinajstić information content (AvgIpc) is 3.27. The van der Waals surface area contributed by atoms with Crippen LogP contribution in [0.2, 0.25) is 0 Å². The van der Waals surface area contributed by atoms with Gasteiger partial charge in [-0.15, -0.1) is 6.58 Å². The second kappa shape index (κ2) is 10.4. The average molecular weight is 443 g/mol. The number of benzene rings is 2. The van der Waals surface area contributed by atoms with Crippen molar-refractivity contribution in [1.29, 1.82) is 0 Å². The topological polar surface area (TPSA) is 136 Å². The summed E-state index contributed by atoms with van der Waals surface area (Å²) < 4.78 is 15.7. The van der Waals surface area contributed by atoms with E-state index in [1.807, 2.05) is 17.0 Å². The van der Waals surface area contributed by atoms with E-state index in [2.05, 4.69) is 22.2 Å². The van der Waals surface area contributed by atoms with E-state index in [9.17, 15) is 10.1 Å². The Balaban J connectivity index is 2.12. The Bertz CT molecular complexity index is 1100. The lowest BCUT2D eigenvalue weighted by molar-refractivity contribution is -0.382. The minimum atomic E-state index is -0.527. The molecule has 3 aromatic rings. The van der Waals surface area contributed by atoms with Crippen molar-refractivity contribution >= 4 is 28.1 Å². The van der Waals surface area contributed by atoms with E-state index >= 15 is 0 Å². The van der Waals surface area contributed by atoms with E-state index in [1.165, 1.54) is 0 Å². The van der Waals surface area contributed by atoms with Crippen molar-refractivity contribution in [3.63, 3.8) is 0 Å². The van der Waals surface area contributed by atoms with Crippen LogP contribution in [0.5, 0.6) is 11.5 Å². The number of anilines is 2. The summed E-state index contributed by atoms with van der Waals surface area (Å²) in [6, 6.07) is 7.11. The number of ether oxygens (including phenoxy) is 2. The summed E-state index contributed by atoms with van der Waals surface area (Å²) >= 11 is 0. The molecule has 32 heavy (non-hydrogen) atoms. The molecule has 0 aliphatic heterocycles. The van der Waals surface area contributed by atoms with Crippen LogP contribution in [-0.4, -0.2) is 54.3 Å². The first-order chi connectivity index (χ1) is 15.5. The highest BCUT2D eigenvalue weighted by atomic mass is 16.6. The maximum atomic E-state index is 11.8. The van der Waals surface area contributed by atoms with Crippen molar-refractivity contribution in [2.75, 3.05) is 44.1 Å². The van der Waals surface area contributed by atoms with Gasteiger partial charge in [-0.3, -0.25) is 10.1 Å². The van der Waals surface area contributed by atoms with Gasteiger partial charge in [-0.1, -0.05) is 6.08 Å². The van der Waals surface area contributed by atoms with Gasteiger partial charge in [0, 0.05) is 31.8 Å². The third-order valence-electron chi connectivity index (χ3n) is 4.86. The molecule has 1 heterocycles. The highest BCUT2D eigenvalue weighted by Gasteiger charge is 2.28. The van der Waals surface area contributed by atoms with E-state index in [-0.39, 0.29) is 29.0 Å². The minimum Gasteiger partial charge on any atom is -0.497 e. The molecule has 0 saturated carbocycles. The number of aliphatic hydroxyl groups excluding tert-OH is 1. The molecule has 0 atom stereocenters. The van der Waals surface area contributed by atoms with Crippen LogP contribution < -0.4 is 19.7 Å². The van der Waals surface area contributed by atoms with Crippen molar-refractivity contribution in [2.24, 2.45) is 0 Å². The fourth-order valence-electron chi connectivity index (χ4n) is 3.39. The number of nitro benzene ring substituents is 1. The van der Waals surface area contributed by atoms with E-state index in [4.69, 9.17) is 19.2 Å². The Labute approximate surface area is 184 Å². The van der Waals surface area contributed by atoms with Crippen molar-refractivity contribution < 1.29 is 24.1 Å². The van der Waals surface area contributed by atoms with Gasteiger partial charge in [0.2, 0.25) is 5.52 Å². The molecular formula is C21H25N5O6. The molecule has 0 spiro atoms. The fraction of sp³-hybridized carbons (Fsp3) is 0.333. The zero-order valence-corrected chi connectivity index (χ0v) is 17.9. The molecule has 0 aliphatic rings. The molecule has 1 aromatic heterocycles. The predicted molar refractivity (Wildman–Crippen MR) is 119 cm³/mol. The molecule has 170 valence electrons. The molecule has 0 unspecified atom stereocenters. The van der Waals surface area contributed by atoms with Gasteiger partial charge in [-0.05, 0) is 41.0 Å². The molecule has 3 rings (SSSR count). The van der Waals surface area contributed by atoms with Crippen LogP contribution in [0.15, 0.2) is 41.5 Å². The zero-order chi connectivity index (χ0) is 23.1. The van der Waals surface area contributed by atoms with Crippen molar-refractivity contribution in [3.8, 4) is 11.5 Å². The molecule has 11 nitrogen and oxygen atoms in total. The number of hydrogen-bond acceptors (Lipinski definition) is 10. The van der Waals surface area contributed by atoms with Gasteiger partial charge in [-0.25, -0.2) is 4.63 Å². The highest BCUT2D eigenvalue weighted by Crippen LogP contribution is 2.39. The molecule has 2 aromatic carbocycles.